The molecule has 0 saturated heterocycles. The molecular formula is C25H27N3O7. The van der Waals surface area contributed by atoms with Gasteiger partial charge in [0.1, 0.15) is 18.0 Å². The Morgan fingerprint density at radius 2 is 1.57 bits per heavy atom. The van der Waals surface area contributed by atoms with Crippen molar-refractivity contribution in [1.82, 2.24) is 4.98 Å². The summed E-state index contributed by atoms with van der Waals surface area (Å²) >= 11 is 0. The van der Waals surface area contributed by atoms with E-state index in [0.717, 1.165) is 0 Å². The molecule has 0 aliphatic carbocycles. The summed E-state index contributed by atoms with van der Waals surface area (Å²) < 4.78 is 26.7. The summed E-state index contributed by atoms with van der Waals surface area (Å²) in [7, 11) is 4.54. The lowest BCUT2D eigenvalue weighted by atomic mass is 10.2. The normalized spacial score (nSPS) is 10.3. The first kappa shape index (κ1) is 25.3. The first-order chi connectivity index (χ1) is 17.0. The number of methoxy groups -OCH3 is 3. The standard InChI is InChI=1S/C25H27N3O7/c1-31-13-14-34-25-19(8-6-12-26-25)28-24(30)17-10-11-21(22(15-17)33-3)35-16-23(29)27-18-7-4-5-9-20(18)32-2/h4-12,15H,13-14,16H2,1-3H3,(H,27,29)(H,28,30). The van der Waals surface area contributed by atoms with Crippen LogP contribution < -0.4 is 29.6 Å². The number of ether oxygens (including phenoxy) is 5. The molecule has 0 aliphatic heterocycles. The van der Waals surface area contributed by atoms with Crippen LogP contribution in [0.5, 0.6) is 23.1 Å². The zero-order valence-electron chi connectivity index (χ0n) is 19.7. The number of para-hydroxylation sites is 2. The van der Waals surface area contributed by atoms with Gasteiger partial charge in [0.25, 0.3) is 11.8 Å². The summed E-state index contributed by atoms with van der Waals surface area (Å²) in [6, 6.07) is 15.1. The Kier molecular flexibility index (Phi) is 9.26. The molecule has 10 nitrogen and oxygen atoms in total. The molecular weight excluding hydrogens is 454 g/mol. The number of pyridine rings is 1. The highest BCUT2D eigenvalue weighted by molar-refractivity contribution is 6.05. The fraction of sp³-hybridized carbons (Fsp3) is 0.240. The highest BCUT2D eigenvalue weighted by Crippen LogP contribution is 2.29. The quantitative estimate of drug-likeness (QED) is 0.378. The van der Waals surface area contributed by atoms with Crippen molar-refractivity contribution >= 4 is 23.2 Å². The van der Waals surface area contributed by atoms with Crippen molar-refractivity contribution < 1.29 is 33.3 Å². The van der Waals surface area contributed by atoms with Crippen LogP contribution in [0.15, 0.2) is 60.8 Å². The van der Waals surface area contributed by atoms with E-state index >= 15 is 0 Å². The van der Waals surface area contributed by atoms with Crippen LogP contribution in [0.3, 0.4) is 0 Å². The fourth-order valence-corrected chi connectivity index (χ4v) is 3.02. The van der Waals surface area contributed by atoms with Crippen LogP contribution >= 0.6 is 0 Å². The Balaban J connectivity index is 1.64. The first-order valence-corrected chi connectivity index (χ1v) is 10.7. The molecule has 184 valence electrons. The van der Waals surface area contributed by atoms with Crippen molar-refractivity contribution in [2.45, 2.75) is 0 Å². The lowest BCUT2D eigenvalue weighted by molar-refractivity contribution is -0.118. The number of hydrogen-bond acceptors (Lipinski definition) is 8. The smallest absolute Gasteiger partial charge is 0.262 e. The largest absolute Gasteiger partial charge is 0.495 e. The van der Waals surface area contributed by atoms with Gasteiger partial charge in [0, 0.05) is 18.9 Å². The monoisotopic (exact) mass is 481 g/mol. The van der Waals surface area contributed by atoms with E-state index in [4.69, 9.17) is 23.7 Å². The van der Waals surface area contributed by atoms with Crippen LogP contribution in [-0.2, 0) is 9.53 Å². The van der Waals surface area contributed by atoms with Gasteiger partial charge in [0.05, 0.1) is 26.5 Å². The molecule has 0 spiro atoms. The molecule has 3 rings (SSSR count). The van der Waals surface area contributed by atoms with Crippen LogP contribution in [0, 0.1) is 0 Å². The zero-order chi connectivity index (χ0) is 25.0. The molecule has 0 fully saturated rings. The van der Waals surface area contributed by atoms with Gasteiger partial charge >= 0.3 is 0 Å². The van der Waals surface area contributed by atoms with E-state index in [9.17, 15) is 9.59 Å². The lowest BCUT2D eigenvalue weighted by Gasteiger charge is -2.14. The van der Waals surface area contributed by atoms with Crippen molar-refractivity contribution in [2.75, 3.05) is 51.8 Å². The van der Waals surface area contributed by atoms with Gasteiger partial charge in [0.2, 0.25) is 5.88 Å². The Bertz CT molecular complexity index is 1150. The van der Waals surface area contributed by atoms with Gasteiger partial charge in [-0.25, -0.2) is 4.98 Å². The topological polar surface area (TPSA) is 117 Å². The molecule has 0 unspecified atom stereocenters. The Morgan fingerprint density at radius 1 is 0.800 bits per heavy atom. The van der Waals surface area contributed by atoms with E-state index < -0.39 is 5.91 Å². The van der Waals surface area contributed by atoms with Crippen molar-refractivity contribution in [2.24, 2.45) is 0 Å². The average Bonchev–Trinajstić information content (AvgIpc) is 2.88. The molecule has 1 heterocycles. The van der Waals surface area contributed by atoms with Gasteiger partial charge in [-0.1, -0.05) is 12.1 Å². The minimum absolute atomic E-state index is 0.266. The number of hydrogen-bond donors (Lipinski definition) is 2. The van der Waals surface area contributed by atoms with E-state index in [0.29, 0.717) is 47.4 Å². The van der Waals surface area contributed by atoms with Crippen molar-refractivity contribution in [1.29, 1.82) is 0 Å². The zero-order valence-corrected chi connectivity index (χ0v) is 19.7. The van der Waals surface area contributed by atoms with E-state index in [2.05, 4.69) is 15.6 Å². The summed E-state index contributed by atoms with van der Waals surface area (Å²) in [4.78, 5) is 29.3. The Hall–Kier alpha value is -4.31. The third-order valence-corrected chi connectivity index (χ3v) is 4.71. The maximum Gasteiger partial charge on any atom is 0.262 e. The maximum atomic E-state index is 12.8. The highest BCUT2D eigenvalue weighted by Gasteiger charge is 2.15. The van der Waals surface area contributed by atoms with Gasteiger partial charge in [-0.3, -0.25) is 9.59 Å². The minimum atomic E-state index is -0.395. The second-order valence-electron chi connectivity index (χ2n) is 7.05. The summed E-state index contributed by atoms with van der Waals surface area (Å²) in [5.74, 6) is 0.652. The van der Waals surface area contributed by atoms with Gasteiger partial charge in [0.15, 0.2) is 18.1 Å². The second-order valence-corrected chi connectivity index (χ2v) is 7.05. The molecule has 2 N–H and O–H groups in total. The van der Waals surface area contributed by atoms with E-state index in [1.807, 2.05) is 0 Å². The van der Waals surface area contributed by atoms with Crippen molar-refractivity contribution in [3.63, 3.8) is 0 Å². The van der Waals surface area contributed by atoms with Gasteiger partial charge in [-0.2, -0.15) is 0 Å². The average molecular weight is 482 g/mol. The number of nitrogens with one attached hydrogen (secondary N) is 2. The van der Waals surface area contributed by atoms with Gasteiger partial charge in [-0.05, 0) is 42.5 Å². The number of rotatable bonds is 12. The predicted molar refractivity (Wildman–Crippen MR) is 130 cm³/mol. The lowest BCUT2D eigenvalue weighted by Crippen LogP contribution is -2.20. The third kappa shape index (κ3) is 7.08. The second kappa shape index (κ2) is 12.8. The van der Waals surface area contributed by atoms with Gasteiger partial charge < -0.3 is 34.3 Å². The molecule has 2 amide bonds. The van der Waals surface area contributed by atoms with Crippen LogP contribution in [0.4, 0.5) is 11.4 Å². The number of carbonyl (C=O) groups is 2. The first-order valence-electron chi connectivity index (χ1n) is 10.7. The minimum Gasteiger partial charge on any atom is -0.495 e. The maximum absolute atomic E-state index is 12.8. The molecule has 0 aliphatic rings. The van der Waals surface area contributed by atoms with E-state index in [1.54, 1.807) is 61.8 Å². The summed E-state index contributed by atoms with van der Waals surface area (Å²) in [5, 5.41) is 5.50. The molecule has 3 aromatic rings. The van der Waals surface area contributed by atoms with E-state index in [-0.39, 0.29) is 18.4 Å². The predicted octanol–water partition coefficient (Wildman–Crippen LogP) is 3.39. The number of aromatic nitrogens is 1. The third-order valence-electron chi connectivity index (χ3n) is 4.71. The molecule has 10 heteroatoms. The Morgan fingerprint density at radius 3 is 2.34 bits per heavy atom. The van der Waals surface area contributed by atoms with Gasteiger partial charge in [-0.15, -0.1) is 0 Å². The van der Waals surface area contributed by atoms with Crippen LogP contribution in [0.1, 0.15) is 10.4 Å². The molecule has 0 radical (unpaired) electrons. The molecule has 0 bridgehead atoms. The van der Waals surface area contributed by atoms with Crippen LogP contribution in [0.2, 0.25) is 0 Å². The molecule has 2 aromatic carbocycles. The van der Waals surface area contributed by atoms with Crippen LogP contribution in [-0.4, -0.2) is 57.9 Å². The summed E-state index contributed by atoms with van der Waals surface area (Å²) in [5.41, 5.74) is 1.27. The molecule has 0 atom stereocenters. The summed E-state index contributed by atoms with van der Waals surface area (Å²) in [6.45, 7) is 0.415. The number of benzene rings is 2. The highest BCUT2D eigenvalue weighted by atomic mass is 16.5. The number of carbonyl (C=O) groups excluding carboxylic acids is 2. The Labute approximate surface area is 203 Å². The number of nitrogens with zero attached hydrogens (tertiary/aromatic N) is 1. The van der Waals surface area contributed by atoms with E-state index in [1.165, 1.54) is 20.3 Å². The molecule has 1 aromatic heterocycles. The molecule has 35 heavy (non-hydrogen) atoms. The fourth-order valence-electron chi connectivity index (χ4n) is 3.02. The number of anilines is 2. The van der Waals surface area contributed by atoms with Crippen LogP contribution in [0.25, 0.3) is 0 Å². The molecule has 0 saturated carbocycles. The summed E-state index contributed by atoms with van der Waals surface area (Å²) in [6.07, 6.45) is 1.57. The van der Waals surface area contributed by atoms with Crippen molar-refractivity contribution in [3.05, 3.63) is 66.4 Å². The van der Waals surface area contributed by atoms with Crippen molar-refractivity contribution in [3.8, 4) is 23.1 Å². The number of amides is 2. The SMILES string of the molecule is COCCOc1ncccc1NC(=O)c1ccc(OCC(=O)Nc2ccccc2OC)c(OC)c1.